The summed E-state index contributed by atoms with van der Waals surface area (Å²) in [6.45, 7) is 0. The van der Waals surface area contributed by atoms with Crippen LogP contribution in [0.15, 0.2) is 29.1 Å². The van der Waals surface area contributed by atoms with E-state index >= 15 is 0 Å². The minimum absolute atomic E-state index is 0.766. The monoisotopic (exact) mass is 226 g/mol. The summed E-state index contributed by atoms with van der Waals surface area (Å²) in [6, 6.07) is 1.92. The van der Waals surface area contributed by atoms with Gasteiger partial charge >= 0.3 is 0 Å². The molecule has 0 aliphatic carbocycles. The molecule has 2 aromatic heterocycles. The molecule has 0 fully saturated rings. The van der Waals surface area contributed by atoms with Crippen molar-refractivity contribution < 1.29 is 4.74 Å². The van der Waals surface area contributed by atoms with E-state index in [1.807, 2.05) is 22.9 Å². The number of nitrogens with zero attached hydrogens (tertiary/aromatic N) is 2. The van der Waals surface area contributed by atoms with Crippen LogP contribution in [-0.2, 0) is 0 Å². The molecule has 2 heterocycles. The standard InChI is InChI=1S/C8H7BrN2O/c1-12-7-6(9)2-4-11-5-3-10-8(7)11/h2-5H,1H3. The van der Waals surface area contributed by atoms with Gasteiger partial charge in [0, 0.05) is 18.6 Å². The Morgan fingerprint density at radius 3 is 3.08 bits per heavy atom. The van der Waals surface area contributed by atoms with Gasteiger partial charge in [-0.25, -0.2) is 4.98 Å². The van der Waals surface area contributed by atoms with Crippen molar-refractivity contribution in [2.45, 2.75) is 0 Å². The molecule has 12 heavy (non-hydrogen) atoms. The van der Waals surface area contributed by atoms with Gasteiger partial charge in [-0.2, -0.15) is 0 Å². The van der Waals surface area contributed by atoms with Gasteiger partial charge in [-0.05, 0) is 22.0 Å². The van der Waals surface area contributed by atoms with E-state index in [1.165, 1.54) is 0 Å². The number of aromatic nitrogens is 2. The van der Waals surface area contributed by atoms with Crippen molar-refractivity contribution in [1.82, 2.24) is 9.38 Å². The molecule has 0 amide bonds. The Morgan fingerprint density at radius 2 is 2.33 bits per heavy atom. The summed E-state index contributed by atoms with van der Waals surface area (Å²) in [5.41, 5.74) is 0.826. The first-order chi connectivity index (χ1) is 5.83. The summed E-state index contributed by atoms with van der Waals surface area (Å²) in [4.78, 5) is 4.16. The van der Waals surface area contributed by atoms with E-state index in [-0.39, 0.29) is 0 Å². The normalized spacial score (nSPS) is 10.5. The van der Waals surface area contributed by atoms with Crippen LogP contribution in [0.3, 0.4) is 0 Å². The lowest BCUT2D eigenvalue weighted by Crippen LogP contribution is -1.90. The van der Waals surface area contributed by atoms with Crippen LogP contribution in [0.1, 0.15) is 0 Å². The van der Waals surface area contributed by atoms with E-state index in [0.717, 1.165) is 15.9 Å². The Morgan fingerprint density at radius 1 is 1.50 bits per heavy atom. The van der Waals surface area contributed by atoms with Gasteiger partial charge in [0.2, 0.25) is 0 Å². The van der Waals surface area contributed by atoms with Crippen LogP contribution in [0.25, 0.3) is 5.65 Å². The van der Waals surface area contributed by atoms with Gasteiger partial charge in [0.1, 0.15) is 0 Å². The lowest BCUT2D eigenvalue weighted by atomic mass is 10.4. The van der Waals surface area contributed by atoms with Crippen molar-refractivity contribution in [3.8, 4) is 5.75 Å². The molecule has 4 heteroatoms. The molecule has 0 radical (unpaired) electrons. The van der Waals surface area contributed by atoms with Gasteiger partial charge in [-0.15, -0.1) is 0 Å². The second-order valence-corrected chi connectivity index (χ2v) is 3.21. The van der Waals surface area contributed by atoms with E-state index in [9.17, 15) is 0 Å². The molecule has 0 unspecified atom stereocenters. The van der Waals surface area contributed by atoms with Gasteiger partial charge in [-0.1, -0.05) is 0 Å². The number of halogens is 1. The molecule has 0 bridgehead atoms. The van der Waals surface area contributed by atoms with Crippen molar-refractivity contribution in [1.29, 1.82) is 0 Å². The summed E-state index contributed by atoms with van der Waals surface area (Å²) in [5.74, 6) is 0.766. The number of methoxy groups -OCH3 is 1. The van der Waals surface area contributed by atoms with Crippen LogP contribution in [0.2, 0.25) is 0 Å². The third-order valence-electron chi connectivity index (χ3n) is 1.67. The Labute approximate surface area is 78.1 Å². The Hall–Kier alpha value is -1.03. The lowest BCUT2D eigenvalue weighted by molar-refractivity contribution is 0.414. The summed E-state index contributed by atoms with van der Waals surface area (Å²) in [6.07, 6.45) is 5.55. The zero-order chi connectivity index (χ0) is 8.55. The molecule has 2 rings (SSSR count). The largest absolute Gasteiger partial charge is 0.492 e. The topological polar surface area (TPSA) is 26.5 Å². The van der Waals surface area contributed by atoms with Crippen molar-refractivity contribution in [2.75, 3.05) is 7.11 Å². The fourth-order valence-electron chi connectivity index (χ4n) is 1.13. The highest BCUT2D eigenvalue weighted by molar-refractivity contribution is 9.10. The maximum absolute atomic E-state index is 5.19. The van der Waals surface area contributed by atoms with Crippen molar-refractivity contribution in [2.24, 2.45) is 0 Å². The molecule has 3 nitrogen and oxygen atoms in total. The summed E-state index contributed by atoms with van der Waals surface area (Å²) in [5, 5.41) is 0. The average Bonchev–Trinajstić information content (AvgIpc) is 2.52. The zero-order valence-electron chi connectivity index (χ0n) is 6.49. The van der Waals surface area contributed by atoms with E-state index < -0.39 is 0 Å². The Kier molecular flexibility index (Phi) is 1.77. The van der Waals surface area contributed by atoms with Gasteiger partial charge < -0.3 is 9.14 Å². The second-order valence-electron chi connectivity index (χ2n) is 2.36. The summed E-state index contributed by atoms with van der Waals surface area (Å²) < 4.78 is 8.01. The molecule has 0 N–H and O–H groups in total. The molecule has 0 aromatic carbocycles. The molecule has 0 atom stereocenters. The fraction of sp³-hybridized carbons (Fsp3) is 0.125. The molecular formula is C8H7BrN2O. The molecule has 0 saturated carbocycles. The van der Waals surface area contributed by atoms with Crippen LogP contribution in [-0.4, -0.2) is 16.5 Å². The maximum Gasteiger partial charge on any atom is 0.180 e. The molecule has 62 valence electrons. The number of rotatable bonds is 1. The number of pyridine rings is 1. The van der Waals surface area contributed by atoms with Crippen LogP contribution < -0.4 is 4.74 Å². The highest BCUT2D eigenvalue weighted by atomic mass is 79.9. The minimum atomic E-state index is 0.766. The Balaban J connectivity index is 2.83. The van der Waals surface area contributed by atoms with Gasteiger partial charge in [0.25, 0.3) is 0 Å². The van der Waals surface area contributed by atoms with Crippen LogP contribution in [0.5, 0.6) is 5.75 Å². The minimum Gasteiger partial charge on any atom is -0.492 e. The molecule has 0 aliphatic rings. The number of imidazole rings is 1. The van der Waals surface area contributed by atoms with Crippen LogP contribution >= 0.6 is 15.9 Å². The van der Waals surface area contributed by atoms with Crippen molar-refractivity contribution in [3.63, 3.8) is 0 Å². The number of fused-ring (bicyclic) bond motifs is 1. The van der Waals surface area contributed by atoms with Gasteiger partial charge in [-0.3, -0.25) is 0 Å². The molecule has 0 aliphatic heterocycles. The highest BCUT2D eigenvalue weighted by Gasteiger charge is 2.05. The maximum atomic E-state index is 5.19. The summed E-state index contributed by atoms with van der Waals surface area (Å²) >= 11 is 3.38. The van der Waals surface area contributed by atoms with E-state index in [2.05, 4.69) is 20.9 Å². The van der Waals surface area contributed by atoms with Crippen molar-refractivity contribution in [3.05, 3.63) is 29.1 Å². The second kappa shape index (κ2) is 2.79. The Bertz CT molecular complexity index is 410. The SMILES string of the molecule is COc1c(Br)ccn2ccnc12. The van der Waals surface area contributed by atoms with E-state index in [1.54, 1.807) is 13.3 Å². The predicted octanol–water partition coefficient (Wildman–Crippen LogP) is 2.11. The number of hydrogen-bond acceptors (Lipinski definition) is 2. The fourth-order valence-corrected chi connectivity index (χ4v) is 1.58. The molecule has 2 aromatic rings. The number of ether oxygens (including phenoxy) is 1. The average molecular weight is 227 g/mol. The van der Waals surface area contributed by atoms with Gasteiger partial charge in [0.15, 0.2) is 11.4 Å². The van der Waals surface area contributed by atoms with Crippen LogP contribution in [0, 0.1) is 0 Å². The quantitative estimate of drug-likeness (QED) is 0.745. The first-order valence-electron chi connectivity index (χ1n) is 3.48. The van der Waals surface area contributed by atoms with Crippen molar-refractivity contribution >= 4 is 21.6 Å². The third-order valence-corrected chi connectivity index (χ3v) is 2.30. The third kappa shape index (κ3) is 0.992. The summed E-state index contributed by atoms with van der Waals surface area (Å²) in [7, 11) is 1.63. The smallest absolute Gasteiger partial charge is 0.180 e. The first-order valence-corrected chi connectivity index (χ1v) is 4.27. The zero-order valence-corrected chi connectivity index (χ0v) is 8.08. The lowest BCUT2D eigenvalue weighted by Gasteiger charge is -2.03. The predicted molar refractivity (Wildman–Crippen MR) is 49.4 cm³/mol. The molecular weight excluding hydrogens is 220 g/mol. The van der Waals surface area contributed by atoms with Crippen LogP contribution in [0.4, 0.5) is 0 Å². The van der Waals surface area contributed by atoms with Gasteiger partial charge in [0.05, 0.1) is 11.6 Å². The highest BCUT2D eigenvalue weighted by Crippen LogP contribution is 2.27. The first kappa shape index (κ1) is 7.61. The molecule has 0 spiro atoms. The molecule has 0 saturated heterocycles. The number of hydrogen-bond donors (Lipinski definition) is 0. The van der Waals surface area contributed by atoms with E-state index in [4.69, 9.17) is 4.74 Å². The van der Waals surface area contributed by atoms with E-state index in [0.29, 0.717) is 0 Å².